The molecule has 0 radical (unpaired) electrons. The van der Waals surface area contributed by atoms with Gasteiger partial charge in [-0.1, -0.05) is 30.2 Å². The molecule has 5 nitrogen and oxygen atoms in total. The highest BCUT2D eigenvalue weighted by Crippen LogP contribution is 2.29. The fraction of sp³-hybridized carbons (Fsp3) is 0.304. The van der Waals surface area contributed by atoms with E-state index in [9.17, 15) is 0 Å². The van der Waals surface area contributed by atoms with Crippen molar-refractivity contribution in [1.82, 2.24) is 19.9 Å². The van der Waals surface area contributed by atoms with Crippen molar-refractivity contribution < 1.29 is 0 Å². The molecule has 1 fully saturated rings. The lowest BCUT2D eigenvalue weighted by Crippen LogP contribution is -2.29. The molecule has 3 heterocycles. The highest BCUT2D eigenvalue weighted by molar-refractivity contribution is 7.14. The van der Waals surface area contributed by atoms with Crippen LogP contribution in [-0.2, 0) is 6.54 Å². The van der Waals surface area contributed by atoms with Crippen LogP contribution in [0, 0.1) is 6.92 Å². The second-order valence-electron chi connectivity index (χ2n) is 7.90. The Hall–Kier alpha value is -2.41. The predicted octanol–water partition coefficient (Wildman–Crippen LogP) is 6.38. The number of halogens is 1. The first kappa shape index (κ1) is 19.5. The van der Waals surface area contributed by atoms with Crippen LogP contribution in [0.5, 0.6) is 0 Å². The highest BCUT2D eigenvalue weighted by atomic mass is 35.5. The minimum Gasteiger partial charge on any atom is -0.337 e. The molecule has 0 spiro atoms. The Kier molecular flexibility index (Phi) is 5.46. The number of piperidine rings is 1. The van der Waals surface area contributed by atoms with Crippen molar-refractivity contribution in [3.63, 3.8) is 0 Å². The molecule has 0 unspecified atom stereocenters. The first-order chi connectivity index (χ1) is 14.6. The molecular weight excluding hydrogens is 414 g/mol. The number of aryl methyl sites for hydroxylation is 1. The summed E-state index contributed by atoms with van der Waals surface area (Å²) in [5.74, 6) is 0.798. The summed E-state index contributed by atoms with van der Waals surface area (Å²) in [5, 5.41) is 6.92. The van der Waals surface area contributed by atoms with Gasteiger partial charge in [0.2, 0.25) is 0 Å². The molecule has 1 aliphatic rings. The standard InChI is InChI=1S/C23H24ClN5S/c1-15-5-7-17(24)12-19(15)27-23-28-21(14-30-23)22-25-18-8-6-16(11-20(18)26-22)13-29-9-3-2-4-10-29/h5-8,11-12,14H,2-4,9-10,13H2,1H3,(H,25,26)(H,27,28). The molecule has 2 N–H and O–H groups in total. The van der Waals surface area contributed by atoms with Crippen molar-refractivity contribution in [1.29, 1.82) is 0 Å². The van der Waals surface area contributed by atoms with Crippen LogP contribution in [-0.4, -0.2) is 32.9 Å². The number of nitrogens with zero attached hydrogens (tertiary/aromatic N) is 3. The first-order valence-electron chi connectivity index (χ1n) is 10.3. The number of hydrogen-bond donors (Lipinski definition) is 2. The second-order valence-corrected chi connectivity index (χ2v) is 9.19. The minimum absolute atomic E-state index is 0.706. The molecule has 1 saturated heterocycles. The smallest absolute Gasteiger partial charge is 0.187 e. The first-order valence-corrected chi connectivity index (χ1v) is 11.6. The molecule has 30 heavy (non-hydrogen) atoms. The van der Waals surface area contributed by atoms with Crippen molar-refractivity contribution in [2.24, 2.45) is 0 Å². The fourth-order valence-electron chi connectivity index (χ4n) is 3.94. The summed E-state index contributed by atoms with van der Waals surface area (Å²) in [7, 11) is 0. The van der Waals surface area contributed by atoms with E-state index in [4.69, 9.17) is 21.6 Å². The number of aromatic amines is 1. The van der Waals surface area contributed by atoms with Gasteiger partial charge in [0.25, 0.3) is 0 Å². The number of H-pyrrole nitrogens is 1. The number of hydrogen-bond acceptors (Lipinski definition) is 5. The number of anilines is 2. The number of nitrogens with one attached hydrogen (secondary N) is 2. The van der Waals surface area contributed by atoms with Crippen molar-refractivity contribution in [3.8, 4) is 11.5 Å². The Labute approximate surface area is 185 Å². The number of benzene rings is 2. The molecule has 4 aromatic rings. The van der Waals surface area contributed by atoms with Crippen LogP contribution in [0.1, 0.15) is 30.4 Å². The Morgan fingerprint density at radius 2 is 1.97 bits per heavy atom. The average molecular weight is 438 g/mol. The Morgan fingerprint density at radius 1 is 1.10 bits per heavy atom. The molecule has 0 atom stereocenters. The topological polar surface area (TPSA) is 56.8 Å². The van der Waals surface area contributed by atoms with E-state index in [1.54, 1.807) is 11.3 Å². The maximum Gasteiger partial charge on any atom is 0.187 e. The summed E-state index contributed by atoms with van der Waals surface area (Å²) >= 11 is 7.69. The van der Waals surface area contributed by atoms with Gasteiger partial charge in [0.1, 0.15) is 5.69 Å². The second kappa shape index (κ2) is 8.38. The average Bonchev–Trinajstić information content (AvgIpc) is 3.38. The Bertz CT molecular complexity index is 1180. The van der Waals surface area contributed by atoms with Gasteiger partial charge >= 0.3 is 0 Å². The van der Waals surface area contributed by atoms with Crippen LogP contribution in [0.15, 0.2) is 41.8 Å². The van der Waals surface area contributed by atoms with Crippen LogP contribution in [0.2, 0.25) is 5.02 Å². The van der Waals surface area contributed by atoms with Gasteiger partial charge in [0.15, 0.2) is 11.0 Å². The zero-order chi connectivity index (χ0) is 20.5. The molecule has 1 aliphatic heterocycles. The third kappa shape index (κ3) is 4.21. The molecule has 7 heteroatoms. The maximum atomic E-state index is 6.13. The van der Waals surface area contributed by atoms with E-state index in [0.29, 0.717) is 5.02 Å². The van der Waals surface area contributed by atoms with Crippen LogP contribution in [0.3, 0.4) is 0 Å². The zero-order valence-corrected chi connectivity index (χ0v) is 18.5. The lowest BCUT2D eigenvalue weighted by molar-refractivity contribution is 0.221. The number of rotatable bonds is 5. The quantitative estimate of drug-likeness (QED) is 0.380. The van der Waals surface area contributed by atoms with Gasteiger partial charge in [-0.3, -0.25) is 4.90 Å². The van der Waals surface area contributed by atoms with Crippen molar-refractivity contribution in [3.05, 3.63) is 57.9 Å². The zero-order valence-electron chi connectivity index (χ0n) is 16.9. The molecule has 5 rings (SSSR count). The third-order valence-corrected chi connectivity index (χ3v) is 6.58. The van der Waals surface area contributed by atoms with Gasteiger partial charge in [-0.15, -0.1) is 11.3 Å². The number of likely N-dealkylation sites (tertiary alicyclic amines) is 1. The lowest BCUT2D eigenvalue weighted by atomic mass is 10.1. The van der Waals surface area contributed by atoms with Crippen molar-refractivity contribution >= 4 is 44.8 Å². The normalized spacial score (nSPS) is 15.0. The Morgan fingerprint density at radius 3 is 2.83 bits per heavy atom. The maximum absolute atomic E-state index is 6.13. The molecule has 2 aromatic carbocycles. The summed E-state index contributed by atoms with van der Waals surface area (Å²) in [6.45, 7) is 5.46. The SMILES string of the molecule is Cc1ccc(Cl)cc1Nc1nc(-c2nc3ccc(CN4CCCCC4)cc3[nH]2)cs1. The number of imidazole rings is 1. The van der Waals surface area contributed by atoms with E-state index in [1.165, 1.54) is 37.9 Å². The highest BCUT2D eigenvalue weighted by Gasteiger charge is 2.13. The van der Waals surface area contributed by atoms with Crippen molar-refractivity contribution in [2.45, 2.75) is 32.7 Å². The third-order valence-electron chi connectivity index (χ3n) is 5.59. The summed E-state index contributed by atoms with van der Waals surface area (Å²) in [4.78, 5) is 15.5. The number of thiazole rings is 1. The van der Waals surface area contributed by atoms with E-state index < -0.39 is 0 Å². The molecule has 2 aromatic heterocycles. The number of fused-ring (bicyclic) bond motifs is 1. The molecule has 154 valence electrons. The van der Waals surface area contributed by atoms with Gasteiger partial charge in [-0.2, -0.15) is 0 Å². The van der Waals surface area contributed by atoms with Gasteiger partial charge < -0.3 is 10.3 Å². The van der Waals surface area contributed by atoms with E-state index in [0.717, 1.165) is 45.5 Å². The molecule has 0 aliphatic carbocycles. The van der Waals surface area contributed by atoms with E-state index in [-0.39, 0.29) is 0 Å². The van der Waals surface area contributed by atoms with Crippen LogP contribution < -0.4 is 5.32 Å². The summed E-state index contributed by atoms with van der Waals surface area (Å²) in [6, 6.07) is 12.3. The van der Waals surface area contributed by atoms with Crippen LogP contribution in [0.4, 0.5) is 10.8 Å². The van der Waals surface area contributed by atoms with E-state index in [1.807, 2.05) is 30.5 Å². The van der Waals surface area contributed by atoms with Gasteiger partial charge in [-0.05, 0) is 68.2 Å². The van der Waals surface area contributed by atoms with Gasteiger partial charge in [0, 0.05) is 22.6 Å². The molecular formula is C23H24ClN5S. The minimum atomic E-state index is 0.706. The Balaban J connectivity index is 1.35. The largest absolute Gasteiger partial charge is 0.337 e. The summed E-state index contributed by atoms with van der Waals surface area (Å²) in [5.41, 5.74) is 6.30. The number of aromatic nitrogens is 3. The van der Waals surface area contributed by atoms with Gasteiger partial charge in [-0.25, -0.2) is 9.97 Å². The summed E-state index contributed by atoms with van der Waals surface area (Å²) in [6.07, 6.45) is 3.98. The van der Waals surface area contributed by atoms with Crippen LogP contribution >= 0.6 is 22.9 Å². The predicted molar refractivity (Wildman–Crippen MR) is 126 cm³/mol. The lowest BCUT2D eigenvalue weighted by Gasteiger charge is -2.26. The molecule has 0 bridgehead atoms. The summed E-state index contributed by atoms with van der Waals surface area (Å²) < 4.78 is 0. The van der Waals surface area contributed by atoms with Crippen LogP contribution in [0.25, 0.3) is 22.6 Å². The fourth-order valence-corrected chi connectivity index (χ4v) is 4.82. The molecule has 0 saturated carbocycles. The van der Waals surface area contributed by atoms with E-state index >= 15 is 0 Å². The molecule has 0 amide bonds. The monoisotopic (exact) mass is 437 g/mol. The van der Waals surface area contributed by atoms with Crippen molar-refractivity contribution in [2.75, 3.05) is 18.4 Å². The van der Waals surface area contributed by atoms with E-state index in [2.05, 4.69) is 33.4 Å². The van der Waals surface area contributed by atoms with Gasteiger partial charge in [0.05, 0.1) is 11.0 Å².